The van der Waals surface area contributed by atoms with Gasteiger partial charge in [0.2, 0.25) is 0 Å². The second kappa shape index (κ2) is 4.52. The highest BCUT2D eigenvalue weighted by molar-refractivity contribution is 5.67. The van der Waals surface area contributed by atoms with Crippen LogP contribution in [0.25, 0.3) is 0 Å². The lowest BCUT2D eigenvalue weighted by molar-refractivity contribution is 0.0344. The Kier molecular flexibility index (Phi) is 2.81. The van der Waals surface area contributed by atoms with Gasteiger partial charge in [0.15, 0.2) is 0 Å². The monoisotopic (exact) mass is 312 g/mol. The van der Waals surface area contributed by atoms with E-state index in [0.29, 0.717) is 35.9 Å². The number of piperidine rings is 2. The van der Waals surface area contributed by atoms with Crippen LogP contribution in [-0.2, 0) is 5.41 Å². The first-order valence-electron chi connectivity index (χ1n) is 9.36. The van der Waals surface area contributed by atoms with E-state index >= 15 is 0 Å². The minimum absolute atomic E-state index is 0.0429. The third kappa shape index (κ3) is 1.49. The Morgan fingerprint density at radius 2 is 2.13 bits per heavy atom. The number of hydrogen-bond donors (Lipinski definition) is 2. The standard InChI is InChI=1S/C20H28N2O/c1-4-11(2)12-9-14-18-20(10-15(21-14)17(12)19(20)23)13-7-5-6-8-16(13)22(18)3/h5-8,11-12,14-15,17-19,21,23H,4,9-10H2,1-3H3/t11-,12?,14-,15-,17?,18-,19?,20+/m0/s1. The van der Waals surface area contributed by atoms with Gasteiger partial charge in [-0.25, -0.2) is 0 Å². The van der Waals surface area contributed by atoms with Crippen LogP contribution in [0.5, 0.6) is 0 Å². The van der Waals surface area contributed by atoms with Crippen LogP contribution in [-0.4, -0.2) is 36.4 Å². The number of anilines is 1. The van der Waals surface area contributed by atoms with Crippen molar-refractivity contribution in [2.45, 2.75) is 62.8 Å². The van der Waals surface area contributed by atoms with Gasteiger partial charge >= 0.3 is 0 Å². The molecule has 1 spiro atoms. The summed E-state index contributed by atoms with van der Waals surface area (Å²) in [5.41, 5.74) is 2.70. The Morgan fingerprint density at radius 1 is 1.35 bits per heavy atom. The fourth-order valence-electron chi connectivity index (χ4n) is 6.84. The molecule has 0 aromatic heterocycles. The fraction of sp³-hybridized carbons (Fsp3) is 0.700. The van der Waals surface area contributed by atoms with Crippen molar-refractivity contribution in [1.29, 1.82) is 0 Å². The molecule has 3 heterocycles. The maximum Gasteiger partial charge on any atom is 0.0704 e. The lowest BCUT2D eigenvalue weighted by Gasteiger charge is -2.49. The predicted octanol–water partition coefficient (Wildman–Crippen LogP) is 2.53. The average molecular weight is 312 g/mol. The molecule has 3 heteroatoms. The Balaban J connectivity index is 1.69. The summed E-state index contributed by atoms with van der Waals surface area (Å²) in [4.78, 5) is 2.47. The lowest BCUT2D eigenvalue weighted by atomic mass is 9.68. The summed E-state index contributed by atoms with van der Waals surface area (Å²) in [5, 5.41) is 15.5. The predicted molar refractivity (Wildman–Crippen MR) is 92.7 cm³/mol. The Bertz CT molecular complexity index is 646. The van der Waals surface area contributed by atoms with Crippen LogP contribution in [0, 0.1) is 17.8 Å². The first-order valence-corrected chi connectivity index (χ1v) is 9.36. The fourth-order valence-corrected chi connectivity index (χ4v) is 6.84. The van der Waals surface area contributed by atoms with E-state index in [4.69, 9.17) is 0 Å². The number of benzene rings is 1. The smallest absolute Gasteiger partial charge is 0.0704 e. The molecule has 23 heavy (non-hydrogen) atoms. The van der Waals surface area contributed by atoms with E-state index in [9.17, 15) is 5.11 Å². The van der Waals surface area contributed by atoms with Gasteiger partial charge in [0, 0.05) is 36.2 Å². The van der Waals surface area contributed by atoms with E-state index in [1.165, 1.54) is 24.1 Å². The molecule has 3 unspecified atom stereocenters. The van der Waals surface area contributed by atoms with E-state index < -0.39 is 0 Å². The maximum absolute atomic E-state index is 11.6. The van der Waals surface area contributed by atoms with Crippen LogP contribution < -0.4 is 10.2 Å². The molecular formula is C20H28N2O. The largest absolute Gasteiger partial charge is 0.392 e. The summed E-state index contributed by atoms with van der Waals surface area (Å²) < 4.78 is 0. The summed E-state index contributed by atoms with van der Waals surface area (Å²) in [6.45, 7) is 4.69. The van der Waals surface area contributed by atoms with Gasteiger partial charge in [0.25, 0.3) is 0 Å². The zero-order valence-corrected chi connectivity index (χ0v) is 14.4. The number of likely N-dealkylation sites (N-methyl/N-ethyl adjacent to an activating group) is 1. The quantitative estimate of drug-likeness (QED) is 0.881. The normalized spacial score (nSPS) is 47.6. The van der Waals surface area contributed by atoms with Crippen molar-refractivity contribution < 1.29 is 5.11 Å². The highest BCUT2D eigenvalue weighted by Crippen LogP contribution is 2.63. The molecule has 0 radical (unpaired) electrons. The molecule has 1 aromatic carbocycles. The van der Waals surface area contributed by atoms with Gasteiger partial charge in [-0.2, -0.15) is 0 Å². The van der Waals surface area contributed by atoms with Gasteiger partial charge in [0.05, 0.1) is 12.1 Å². The van der Waals surface area contributed by atoms with Crippen molar-refractivity contribution >= 4 is 5.69 Å². The molecule has 124 valence electrons. The third-order valence-electron chi connectivity index (χ3n) is 7.85. The first kappa shape index (κ1) is 14.3. The number of fused-ring (bicyclic) bond motifs is 3. The van der Waals surface area contributed by atoms with Crippen molar-refractivity contribution in [3.05, 3.63) is 29.8 Å². The lowest BCUT2D eigenvalue weighted by Crippen LogP contribution is -2.64. The molecule has 1 saturated carbocycles. The Morgan fingerprint density at radius 3 is 2.91 bits per heavy atom. The van der Waals surface area contributed by atoms with Gasteiger partial charge in [-0.15, -0.1) is 0 Å². The van der Waals surface area contributed by atoms with E-state index in [-0.39, 0.29) is 11.5 Å². The summed E-state index contributed by atoms with van der Waals surface area (Å²) in [7, 11) is 2.23. The number of hydrogen-bond acceptors (Lipinski definition) is 3. The Labute approximate surface area is 139 Å². The van der Waals surface area contributed by atoms with Gasteiger partial charge in [-0.05, 0) is 36.3 Å². The van der Waals surface area contributed by atoms with Crippen molar-refractivity contribution in [2.24, 2.45) is 17.8 Å². The molecule has 4 aliphatic rings. The second-order valence-corrected chi connectivity index (χ2v) is 8.50. The molecule has 1 aliphatic carbocycles. The number of nitrogens with zero attached hydrogens (tertiary/aromatic N) is 1. The number of aliphatic hydroxyl groups excluding tert-OH is 1. The van der Waals surface area contributed by atoms with Crippen LogP contribution in [0.4, 0.5) is 5.69 Å². The van der Waals surface area contributed by atoms with Crippen LogP contribution in [0.3, 0.4) is 0 Å². The molecule has 1 aromatic rings. The van der Waals surface area contributed by atoms with Gasteiger partial charge in [0.1, 0.15) is 0 Å². The summed E-state index contributed by atoms with van der Waals surface area (Å²) in [6, 6.07) is 10.2. The zero-order valence-electron chi connectivity index (χ0n) is 14.4. The molecule has 3 fully saturated rings. The molecule has 2 saturated heterocycles. The van der Waals surface area contributed by atoms with Crippen molar-refractivity contribution in [3.63, 3.8) is 0 Å². The summed E-state index contributed by atoms with van der Waals surface area (Å²) >= 11 is 0. The van der Waals surface area contributed by atoms with Gasteiger partial charge in [-0.3, -0.25) is 0 Å². The van der Waals surface area contributed by atoms with Gasteiger partial charge < -0.3 is 15.3 Å². The molecule has 5 rings (SSSR count). The number of rotatable bonds is 2. The van der Waals surface area contributed by atoms with Crippen LogP contribution >= 0.6 is 0 Å². The van der Waals surface area contributed by atoms with E-state index in [1.807, 2.05) is 0 Å². The van der Waals surface area contributed by atoms with E-state index in [2.05, 4.69) is 55.4 Å². The summed E-state index contributed by atoms with van der Waals surface area (Å²) in [6.07, 6.45) is 3.34. The molecule has 3 bridgehead atoms. The molecular weight excluding hydrogens is 284 g/mol. The van der Waals surface area contributed by atoms with Crippen molar-refractivity contribution in [3.8, 4) is 0 Å². The number of aliphatic hydroxyl groups is 1. The minimum Gasteiger partial charge on any atom is -0.392 e. The van der Waals surface area contributed by atoms with Crippen molar-refractivity contribution in [1.82, 2.24) is 5.32 Å². The average Bonchev–Trinajstić information content (AvgIpc) is 2.94. The van der Waals surface area contributed by atoms with Crippen LogP contribution in [0.2, 0.25) is 0 Å². The number of para-hydroxylation sites is 1. The van der Waals surface area contributed by atoms with Crippen LogP contribution in [0.15, 0.2) is 24.3 Å². The molecule has 2 N–H and O–H groups in total. The Hall–Kier alpha value is -1.06. The highest BCUT2D eigenvalue weighted by Gasteiger charge is 2.70. The second-order valence-electron chi connectivity index (χ2n) is 8.50. The van der Waals surface area contributed by atoms with Gasteiger partial charge in [-0.1, -0.05) is 38.5 Å². The zero-order chi connectivity index (χ0) is 15.9. The summed E-state index contributed by atoms with van der Waals surface area (Å²) in [5.74, 6) is 1.79. The minimum atomic E-state index is -0.206. The molecule has 3 nitrogen and oxygen atoms in total. The highest BCUT2D eigenvalue weighted by atomic mass is 16.3. The van der Waals surface area contributed by atoms with E-state index in [0.717, 1.165) is 6.42 Å². The molecule has 3 aliphatic heterocycles. The van der Waals surface area contributed by atoms with Crippen LogP contribution in [0.1, 0.15) is 38.7 Å². The van der Waals surface area contributed by atoms with Crippen molar-refractivity contribution in [2.75, 3.05) is 11.9 Å². The molecule has 8 atom stereocenters. The topological polar surface area (TPSA) is 35.5 Å². The molecule has 0 amide bonds. The maximum atomic E-state index is 11.6. The first-order chi connectivity index (χ1) is 11.1. The van der Waals surface area contributed by atoms with E-state index in [1.54, 1.807) is 0 Å². The number of nitrogens with one attached hydrogen (secondary N) is 1. The third-order valence-corrected chi connectivity index (χ3v) is 7.85. The SMILES string of the molecule is CC[C@H](C)C1C[C@@H]2N[C@H]3C[C@]4(c5ccccc5N(C)[C@@H]24)C(O)C13.